The molecular weight excluding hydrogens is 282 g/mol. The fourth-order valence-corrected chi connectivity index (χ4v) is 2.33. The summed E-state index contributed by atoms with van der Waals surface area (Å²) in [6.45, 7) is 1.96. The molecule has 0 bridgehead atoms. The van der Waals surface area contributed by atoms with Crippen molar-refractivity contribution in [3.63, 3.8) is 0 Å². The molecule has 0 radical (unpaired) electrons. The first-order valence-corrected chi connectivity index (χ1v) is 6.69. The van der Waals surface area contributed by atoms with Gasteiger partial charge in [-0.15, -0.1) is 0 Å². The van der Waals surface area contributed by atoms with Gasteiger partial charge in [-0.05, 0) is 13.0 Å². The van der Waals surface area contributed by atoms with Gasteiger partial charge in [-0.3, -0.25) is 14.9 Å². The summed E-state index contributed by atoms with van der Waals surface area (Å²) in [5.74, 6) is 0. The first kappa shape index (κ1) is 13.9. The molecule has 22 heavy (non-hydrogen) atoms. The van der Waals surface area contributed by atoms with Crippen LogP contribution in [0, 0.1) is 17.0 Å². The van der Waals surface area contributed by atoms with Crippen molar-refractivity contribution >= 4 is 16.7 Å². The molecule has 0 aliphatic carbocycles. The second-order valence-corrected chi connectivity index (χ2v) is 5.12. The molecule has 110 valence electrons. The minimum Gasteiger partial charge on any atom is -0.308 e. The third kappa shape index (κ3) is 2.24. The Balaban J connectivity index is 2.31. The number of non-ortho nitro benzene ring substituents is 1. The Labute approximate surface area is 125 Å². The van der Waals surface area contributed by atoms with Crippen LogP contribution >= 0.6 is 0 Å². The van der Waals surface area contributed by atoms with E-state index in [1.807, 2.05) is 31.2 Å². The highest BCUT2D eigenvalue weighted by molar-refractivity contribution is 5.80. The lowest BCUT2D eigenvalue weighted by Gasteiger charge is -2.08. The maximum atomic E-state index is 12.5. The molecule has 0 aliphatic rings. The van der Waals surface area contributed by atoms with Gasteiger partial charge in [0.05, 0.1) is 16.0 Å². The van der Waals surface area contributed by atoms with Crippen molar-refractivity contribution in [1.29, 1.82) is 0 Å². The summed E-state index contributed by atoms with van der Waals surface area (Å²) in [5, 5.41) is 10.9. The van der Waals surface area contributed by atoms with E-state index in [0.717, 1.165) is 5.56 Å². The summed E-state index contributed by atoms with van der Waals surface area (Å²) in [4.78, 5) is 27.2. The average molecular weight is 295 g/mol. The number of nitro groups is 1. The minimum atomic E-state index is -0.474. The number of benzene rings is 2. The highest BCUT2D eigenvalue weighted by Crippen LogP contribution is 2.21. The number of nitrogens with zero attached hydrogens (tertiary/aromatic N) is 3. The molecule has 0 fully saturated rings. The Morgan fingerprint density at radius 2 is 1.82 bits per heavy atom. The van der Waals surface area contributed by atoms with Crippen LogP contribution in [0.2, 0.25) is 0 Å². The van der Waals surface area contributed by atoms with Crippen LogP contribution in [0.15, 0.2) is 47.3 Å². The Bertz CT molecular complexity index is 943. The molecule has 1 heterocycles. The first-order valence-electron chi connectivity index (χ1n) is 6.69. The minimum absolute atomic E-state index is 0.0477. The zero-order valence-electron chi connectivity index (χ0n) is 12.1. The van der Waals surface area contributed by atoms with Gasteiger partial charge in [0.15, 0.2) is 0 Å². The van der Waals surface area contributed by atoms with E-state index in [4.69, 9.17) is 0 Å². The van der Waals surface area contributed by atoms with E-state index in [9.17, 15) is 14.9 Å². The lowest BCUT2D eigenvalue weighted by Crippen LogP contribution is -2.20. The Morgan fingerprint density at radius 3 is 2.45 bits per heavy atom. The normalized spacial score (nSPS) is 10.8. The second-order valence-electron chi connectivity index (χ2n) is 5.12. The van der Waals surface area contributed by atoms with Gasteiger partial charge in [-0.25, -0.2) is 4.98 Å². The average Bonchev–Trinajstić information content (AvgIpc) is 2.51. The molecule has 2 aromatic carbocycles. The number of aromatic nitrogens is 2. The monoisotopic (exact) mass is 295 g/mol. The van der Waals surface area contributed by atoms with Gasteiger partial charge >= 0.3 is 0 Å². The molecule has 0 unspecified atom stereocenters. The maximum Gasteiger partial charge on any atom is 0.277 e. The van der Waals surface area contributed by atoms with Crippen molar-refractivity contribution in [1.82, 2.24) is 9.55 Å². The lowest BCUT2D eigenvalue weighted by molar-refractivity contribution is -0.384. The van der Waals surface area contributed by atoms with Gasteiger partial charge < -0.3 is 4.57 Å². The number of hydrogen-bond acceptors (Lipinski definition) is 4. The fourth-order valence-electron chi connectivity index (χ4n) is 2.33. The number of nitro benzene ring substituents is 1. The van der Waals surface area contributed by atoms with Crippen LogP contribution in [-0.4, -0.2) is 14.5 Å². The van der Waals surface area contributed by atoms with E-state index < -0.39 is 4.92 Å². The molecule has 0 saturated carbocycles. The van der Waals surface area contributed by atoms with Gasteiger partial charge in [0.1, 0.15) is 5.69 Å². The van der Waals surface area contributed by atoms with E-state index >= 15 is 0 Å². The Morgan fingerprint density at radius 1 is 1.14 bits per heavy atom. The van der Waals surface area contributed by atoms with Crippen LogP contribution in [0.25, 0.3) is 22.3 Å². The second kappa shape index (κ2) is 5.07. The van der Waals surface area contributed by atoms with Crippen LogP contribution in [0.5, 0.6) is 0 Å². The standard InChI is InChI=1S/C16H13N3O3/c1-10-3-5-11(6-4-10)15-16(20)18(2)14-8-7-12(19(21)22)9-13(14)17-15/h3-9H,1-2H3. The van der Waals surface area contributed by atoms with Crippen LogP contribution < -0.4 is 5.56 Å². The molecule has 0 saturated heterocycles. The summed E-state index contributed by atoms with van der Waals surface area (Å²) < 4.78 is 1.46. The number of rotatable bonds is 2. The smallest absolute Gasteiger partial charge is 0.277 e. The van der Waals surface area contributed by atoms with Crippen LogP contribution in [0.4, 0.5) is 5.69 Å². The molecule has 0 N–H and O–H groups in total. The van der Waals surface area contributed by atoms with E-state index in [1.54, 1.807) is 13.1 Å². The molecule has 0 atom stereocenters. The van der Waals surface area contributed by atoms with Crippen LogP contribution in [-0.2, 0) is 7.05 Å². The van der Waals surface area contributed by atoms with E-state index in [2.05, 4.69) is 4.98 Å². The lowest BCUT2D eigenvalue weighted by atomic mass is 10.1. The molecule has 6 heteroatoms. The molecule has 0 aliphatic heterocycles. The van der Waals surface area contributed by atoms with E-state index in [-0.39, 0.29) is 16.9 Å². The molecular formula is C16H13N3O3. The quantitative estimate of drug-likeness (QED) is 0.538. The predicted octanol–water partition coefficient (Wildman–Crippen LogP) is 2.82. The molecule has 3 aromatic rings. The predicted molar refractivity (Wildman–Crippen MR) is 83.8 cm³/mol. The third-order valence-electron chi connectivity index (χ3n) is 3.60. The van der Waals surface area contributed by atoms with Crippen molar-refractivity contribution in [2.45, 2.75) is 6.92 Å². The largest absolute Gasteiger partial charge is 0.308 e. The number of hydrogen-bond donors (Lipinski definition) is 0. The zero-order chi connectivity index (χ0) is 15.9. The van der Waals surface area contributed by atoms with Crippen molar-refractivity contribution in [3.05, 3.63) is 68.5 Å². The van der Waals surface area contributed by atoms with Crippen molar-refractivity contribution in [3.8, 4) is 11.3 Å². The fraction of sp³-hybridized carbons (Fsp3) is 0.125. The summed E-state index contributed by atoms with van der Waals surface area (Å²) >= 11 is 0. The topological polar surface area (TPSA) is 78.0 Å². The third-order valence-corrected chi connectivity index (χ3v) is 3.60. The molecule has 6 nitrogen and oxygen atoms in total. The van der Waals surface area contributed by atoms with Crippen molar-refractivity contribution in [2.24, 2.45) is 7.05 Å². The van der Waals surface area contributed by atoms with Gasteiger partial charge in [-0.2, -0.15) is 0 Å². The Kier molecular flexibility index (Phi) is 3.21. The van der Waals surface area contributed by atoms with Gasteiger partial charge in [0.25, 0.3) is 11.2 Å². The maximum absolute atomic E-state index is 12.5. The van der Waals surface area contributed by atoms with E-state index in [0.29, 0.717) is 16.6 Å². The van der Waals surface area contributed by atoms with Crippen molar-refractivity contribution < 1.29 is 4.92 Å². The van der Waals surface area contributed by atoms with Gasteiger partial charge in [0.2, 0.25) is 0 Å². The number of fused-ring (bicyclic) bond motifs is 1. The zero-order valence-corrected chi connectivity index (χ0v) is 12.1. The summed E-state index contributed by atoms with van der Waals surface area (Å²) in [5.41, 5.74) is 2.77. The van der Waals surface area contributed by atoms with Crippen LogP contribution in [0.3, 0.4) is 0 Å². The van der Waals surface area contributed by atoms with Gasteiger partial charge in [0, 0.05) is 24.7 Å². The van der Waals surface area contributed by atoms with E-state index in [1.165, 1.54) is 16.7 Å². The van der Waals surface area contributed by atoms with Crippen LogP contribution in [0.1, 0.15) is 5.56 Å². The SMILES string of the molecule is Cc1ccc(-c2nc3cc([N+](=O)[O-])ccc3n(C)c2=O)cc1. The molecule has 3 rings (SSSR count). The summed E-state index contributed by atoms with van der Waals surface area (Å²) in [7, 11) is 1.63. The highest BCUT2D eigenvalue weighted by atomic mass is 16.6. The molecule has 0 spiro atoms. The Hall–Kier alpha value is -3.02. The van der Waals surface area contributed by atoms with Gasteiger partial charge in [-0.1, -0.05) is 29.8 Å². The highest BCUT2D eigenvalue weighted by Gasteiger charge is 2.13. The number of aryl methyl sites for hydroxylation is 2. The molecule has 0 amide bonds. The molecule has 1 aromatic heterocycles. The van der Waals surface area contributed by atoms with Crippen molar-refractivity contribution in [2.75, 3.05) is 0 Å². The summed E-state index contributed by atoms with van der Waals surface area (Å²) in [6.07, 6.45) is 0. The summed E-state index contributed by atoms with van der Waals surface area (Å²) in [6, 6.07) is 11.7. The first-order chi connectivity index (χ1) is 10.5.